The summed E-state index contributed by atoms with van der Waals surface area (Å²) in [5, 5.41) is 0. The molecule has 0 fully saturated rings. The molecule has 0 aliphatic carbocycles. The van der Waals surface area contributed by atoms with E-state index in [1.807, 2.05) is 12.3 Å². The monoisotopic (exact) mass is 161 g/mol. The van der Waals surface area contributed by atoms with E-state index in [0.29, 0.717) is 0 Å². The van der Waals surface area contributed by atoms with E-state index >= 15 is 0 Å². The summed E-state index contributed by atoms with van der Waals surface area (Å²) in [6.07, 6.45) is 9.11. The second-order valence-electron chi connectivity index (χ2n) is 3.32. The standard InChI is InChI=1S/C11H15N/c1-10(2)5-3-6-11-7-4-8-12-9-11/h3-4,6-10H,5H2,1-2H3/b6-3+. The summed E-state index contributed by atoms with van der Waals surface area (Å²) in [7, 11) is 0. The van der Waals surface area contributed by atoms with Gasteiger partial charge < -0.3 is 0 Å². The van der Waals surface area contributed by atoms with Gasteiger partial charge in [0, 0.05) is 12.4 Å². The number of hydrogen-bond donors (Lipinski definition) is 0. The lowest BCUT2D eigenvalue weighted by Gasteiger charge is -1.96. The fourth-order valence-electron chi connectivity index (χ4n) is 0.951. The highest BCUT2D eigenvalue weighted by Gasteiger charge is 1.87. The molecular weight excluding hydrogens is 146 g/mol. The Balaban J connectivity index is 2.47. The summed E-state index contributed by atoms with van der Waals surface area (Å²) >= 11 is 0. The molecule has 64 valence electrons. The smallest absolute Gasteiger partial charge is 0.0340 e. The number of allylic oxidation sites excluding steroid dienone is 1. The SMILES string of the molecule is CC(C)C/C=C/c1cccnc1. The van der Waals surface area contributed by atoms with Gasteiger partial charge in [-0.2, -0.15) is 0 Å². The second kappa shape index (κ2) is 4.70. The maximum Gasteiger partial charge on any atom is 0.0340 e. The Labute approximate surface area is 74.2 Å². The number of nitrogens with zero attached hydrogens (tertiary/aromatic N) is 1. The van der Waals surface area contributed by atoms with Gasteiger partial charge in [0.15, 0.2) is 0 Å². The molecule has 1 aromatic heterocycles. The Kier molecular flexibility index (Phi) is 3.52. The Bertz CT molecular complexity index is 236. The Hall–Kier alpha value is -1.11. The minimum atomic E-state index is 0.734. The molecule has 0 bridgehead atoms. The summed E-state index contributed by atoms with van der Waals surface area (Å²) < 4.78 is 0. The third kappa shape index (κ3) is 3.33. The first-order valence-corrected chi connectivity index (χ1v) is 4.35. The van der Waals surface area contributed by atoms with Crippen molar-refractivity contribution in [1.82, 2.24) is 4.98 Å². The van der Waals surface area contributed by atoms with Crippen LogP contribution in [0.15, 0.2) is 30.6 Å². The van der Waals surface area contributed by atoms with Crippen LogP contribution in [0.25, 0.3) is 6.08 Å². The molecule has 1 nitrogen and oxygen atoms in total. The van der Waals surface area contributed by atoms with E-state index in [9.17, 15) is 0 Å². The zero-order valence-electron chi connectivity index (χ0n) is 7.70. The van der Waals surface area contributed by atoms with Crippen LogP contribution in [0, 0.1) is 5.92 Å². The minimum absolute atomic E-state index is 0.734. The molecule has 12 heavy (non-hydrogen) atoms. The average molecular weight is 161 g/mol. The minimum Gasteiger partial charge on any atom is -0.264 e. The van der Waals surface area contributed by atoms with Crippen LogP contribution in [0.2, 0.25) is 0 Å². The normalized spacial score (nSPS) is 11.2. The maximum absolute atomic E-state index is 4.03. The molecule has 0 saturated carbocycles. The Morgan fingerprint density at radius 3 is 2.92 bits per heavy atom. The van der Waals surface area contributed by atoms with Crippen LogP contribution in [-0.4, -0.2) is 4.98 Å². The van der Waals surface area contributed by atoms with Gasteiger partial charge >= 0.3 is 0 Å². The van der Waals surface area contributed by atoms with Crippen LogP contribution in [0.3, 0.4) is 0 Å². The van der Waals surface area contributed by atoms with Gasteiger partial charge in [0.25, 0.3) is 0 Å². The van der Waals surface area contributed by atoms with E-state index in [0.717, 1.165) is 12.3 Å². The fourth-order valence-corrected chi connectivity index (χ4v) is 0.951. The van der Waals surface area contributed by atoms with Crippen molar-refractivity contribution in [3.05, 3.63) is 36.2 Å². The molecule has 0 aliphatic rings. The van der Waals surface area contributed by atoms with Crippen molar-refractivity contribution in [2.24, 2.45) is 5.92 Å². The quantitative estimate of drug-likeness (QED) is 0.663. The van der Waals surface area contributed by atoms with Crippen molar-refractivity contribution in [3.63, 3.8) is 0 Å². The Morgan fingerprint density at radius 1 is 1.50 bits per heavy atom. The van der Waals surface area contributed by atoms with E-state index in [1.165, 1.54) is 5.56 Å². The van der Waals surface area contributed by atoms with E-state index in [4.69, 9.17) is 0 Å². The summed E-state index contributed by atoms with van der Waals surface area (Å²) in [5.74, 6) is 0.734. The molecule has 0 aromatic carbocycles. The summed E-state index contributed by atoms with van der Waals surface area (Å²) in [6.45, 7) is 4.43. The number of pyridine rings is 1. The third-order valence-electron chi connectivity index (χ3n) is 1.60. The molecule has 0 unspecified atom stereocenters. The molecule has 0 saturated heterocycles. The molecule has 0 aliphatic heterocycles. The van der Waals surface area contributed by atoms with Crippen molar-refractivity contribution in [3.8, 4) is 0 Å². The second-order valence-corrected chi connectivity index (χ2v) is 3.32. The molecule has 1 heteroatoms. The first-order valence-electron chi connectivity index (χ1n) is 4.35. The zero-order valence-corrected chi connectivity index (χ0v) is 7.70. The molecule has 1 heterocycles. The van der Waals surface area contributed by atoms with Gasteiger partial charge in [-0.3, -0.25) is 4.98 Å². The summed E-state index contributed by atoms with van der Waals surface area (Å²) in [4.78, 5) is 4.03. The highest BCUT2D eigenvalue weighted by Crippen LogP contribution is 2.04. The van der Waals surface area contributed by atoms with Gasteiger partial charge in [-0.15, -0.1) is 0 Å². The highest BCUT2D eigenvalue weighted by molar-refractivity contribution is 5.47. The predicted molar refractivity (Wildman–Crippen MR) is 52.7 cm³/mol. The number of hydrogen-bond acceptors (Lipinski definition) is 1. The fraction of sp³-hybridized carbons (Fsp3) is 0.364. The van der Waals surface area contributed by atoms with Crippen molar-refractivity contribution in [2.75, 3.05) is 0 Å². The van der Waals surface area contributed by atoms with Crippen LogP contribution in [0.1, 0.15) is 25.8 Å². The van der Waals surface area contributed by atoms with Crippen LogP contribution < -0.4 is 0 Å². The van der Waals surface area contributed by atoms with Gasteiger partial charge in [-0.1, -0.05) is 32.1 Å². The largest absolute Gasteiger partial charge is 0.264 e. The third-order valence-corrected chi connectivity index (χ3v) is 1.60. The average Bonchev–Trinajstić information content (AvgIpc) is 2.05. The maximum atomic E-state index is 4.03. The van der Waals surface area contributed by atoms with Crippen LogP contribution in [0.4, 0.5) is 0 Å². The van der Waals surface area contributed by atoms with Crippen molar-refractivity contribution >= 4 is 6.08 Å². The van der Waals surface area contributed by atoms with Crippen LogP contribution >= 0.6 is 0 Å². The highest BCUT2D eigenvalue weighted by atomic mass is 14.6. The summed E-state index contributed by atoms with van der Waals surface area (Å²) in [6, 6.07) is 4.01. The number of rotatable bonds is 3. The van der Waals surface area contributed by atoms with Crippen molar-refractivity contribution in [1.29, 1.82) is 0 Å². The molecule has 1 aromatic rings. The molecule has 0 spiro atoms. The molecule has 0 radical (unpaired) electrons. The van der Waals surface area contributed by atoms with E-state index in [1.54, 1.807) is 6.20 Å². The number of aromatic nitrogens is 1. The zero-order chi connectivity index (χ0) is 8.81. The van der Waals surface area contributed by atoms with Crippen LogP contribution in [0.5, 0.6) is 0 Å². The predicted octanol–water partition coefficient (Wildman–Crippen LogP) is 3.14. The van der Waals surface area contributed by atoms with Gasteiger partial charge in [-0.05, 0) is 24.0 Å². The molecule has 0 atom stereocenters. The Morgan fingerprint density at radius 2 is 2.33 bits per heavy atom. The first kappa shape index (κ1) is 8.98. The molecule has 1 rings (SSSR count). The summed E-state index contributed by atoms with van der Waals surface area (Å²) in [5.41, 5.74) is 1.18. The van der Waals surface area contributed by atoms with E-state index in [-0.39, 0.29) is 0 Å². The lowest BCUT2D eigenvalue weighted by Crippen LogP contribution is -1.81. The van der Waals surface area contributed by atoms with Gasteiger partial charge in [0.2, 0.25) is 0 Å². The van der Waals surface area contributed by atoms with Gasteiger partial charge in [0.05, 0.1) is 0 Å². The molecular formula is C11H15N. The molecule has 0 amide bonds. The lowest BCUT2D eigenvalue weighted by molar-refractivity contribution is 0.665. The lowest BCUT2D eigenvalue weighted by atomic mass is 10.1. The van der Waals surface area contributed by atoms with E-state index in [2.05, 4.69) is 37.0 Å². The van der Waals surface area contributed by atoms with Crippen molar-refractivity contribution in [2.45, 2.75) is 20.3 Å². The van der Waals surface area contributed by atoms with Gasteiger partial charge in [-0.25, -0.2) is 0 Å². The van der Waals surface area contributed by atoms with E-state index < -0.39 is 0 Å². The van der Waals surface area contributed by atoms with Crippen molar-refractivity contribution < 1.29 is 0 Å². The van der Waals surface area contributed by atoms with Crippen LogP contribution in [-0.2, 0) is 0 Å². The first-order chi connectivity index (χ1) is 5.79. The van der Waals surface area contributed by atoms with Gasteiger partial charge in [0.1, 0.15) is 0 Å². The molecule has 0 N–H and O–H groups in total. The topological polar surface area (TPSA) is 12.9 Å².